The van der Waals surface area contributed by atoms with Gasteiger partial charge in [-0.2, -0.15) is 0 Å². The van der Waals surface area contributed by atoms with E-state index in [2.05, 4.69) is 5.32 Å². The fourth-order valence-electron chi connectivity index (χ4n) is 2.12. The lowest BCUT2D eigenvalue weighted by molar-refractivity contribution is -0.124. The molecule has 0 fully saturated rings. The highest BCUT2D eigenvalue weighted by Gasteiger charge is 2.18. The summed E-state index contributed by atoms with van der Waals surface area (Å²) in [6.45, 7) is 12.7. The number of halogens is 1. The van der Waals surface area contributed by atoms with E-state index in [9.17, 15) is 14.0 Å². The Morgan fingerprint density at radius 1 is 0.871 bits per heavy atom. The number of carbonyl (C=O) groups excluding carboxylic acids is 2. The van der Waals surface area contributed by atoms with Crippen molar-refractivity contribution < 1.29 is 37.7 Å². The Bertz CT molecular complexity index is 463. The Morgan fingerprint density at radius 2 is 1.32 bits per heavy atom. The van der Waals surface area contributed by atoms with E-state index >= 15 is 0 Å². The van der Waals surface area contributed by atoms with Crippen LogP contribution in [0, 0.1) is 11.3 Å². The van der Waals surface area contributed by atoms with Gasteiger partial charge in [-0.05, 0) is 13.3 Å². The molecule has 0 saturated heterocycles. The molecule has 1 N–H and O–H groups in total. The van der Waals surface area contributed by atoms with Crippen LogP contribution in [-0.2, 0) is 33.3 Å². The van der Waals surface area contributed by atoms with Crippen molar-refractivity contribution in [2.75, 3.05) is 66.0 Å². The number of alkyl halides is 1. The van der Waals surface area contributed by atoms with Crippen molar-refractivity contribution in [1.29, 1.82) is 0 Å². The molecule has 2 atom stereocenters. The molecule has 0 aliphatic rings. The maximum Gasteiger partial charge on any atom is 0.222 e. The molecule has 8 nitrogen and oxygen atoms in total. The van der Waals surface area contributed by atoms with Gasteiger partial charge in [0, 0.05) is 17.9 Å². The summed E-state index contributed by atoms with van der Waals surface area (Å²) in [5.74, 6) is -0.343. The number of carbonyl (C=O) groups is 2. The van der Waals surface area contributed by atoms with Crippen LogP contribution in [0.1, 0.15) is 41.0 Å². The molecule has 0 heterocycles. The lowest BCUT2D eigenvalue weighted by Gasteiger charge is -2.18. The first-order valence-electron chi connectivity index (χ1n) is 11.0. The quantitative estimate of drug-likeness (QED) is 0.211. The molecule has 2 unspecified atom stereocenters. The Kier molecular flexibility index (Phi) is 17.8. The molecule has 184 valence electrons. The first-order chi connectivity index (χ1) is 14.7. The van der Waals surface area contributed by atoms with Crippen LogP contribution >= 0.6 is 0 Å². The first-order valence-corrected chi connectivity index (χ1v) is 11.0. The van der Waals surface area contributed by atoms with Crippen LogP contribution in [0.15, 0.2) is 0 Å². The molecule has 0 bridgehead atoms. The molecular formula is C22H42FNO7. The van der Waals surface area contributed by atoms with Crippen LogP contribution in [0.3, 0.4) is 0 Å². The fourth-order valence-corrected chi connectivity index (χ4v) is 2.12. The van der Waals surface area contributed by atoms with Gasteiger partial charge in [0.05, 0.1) is 65.5 Å². The molecule has 0 radical (unpaired) electrons. The van der Waals surface area contributed by atoms with Crippen LogP contribution in [-0.4, -0.2) is 90.5 Å². The van der Waals surface area contributed by atoms with E-state index in [4.69, 9.17) is 23.7 Å². The molecule has 0 rings (SSSR count). The number of rotatable bonds is 21. The van der Waals surface area contributed by atoms with Crippen molar-refractivity contribution in [2.45, 2.75) is 53.3 Å². The van der Waals surface area contributed by atoms with E-state index in [-0.39, 0.29) is 30.4 Å². The molecule has 0 spiro atoms. The number of hydrogen-bond donors (Lipinski definition) is 1. The van der Waals surface area contributed by atoms with Crippen LogP contribution in [0.4, 0.5) is 4.39 Å². The predicted molar refractivity (Wildman–Crippen MR) is 116 cm³/mol. The third-order valence-corrected chi connectivity index (χ3v) is 4.44. The van der Waals surface area contributed by atoms with Crippen LogP contribution in [0.5, 0.6) is 0 Å². The third kappa shape index (κ3) is 18.2. The van der Waals surface area contributed by atoms with Gasteiger partial charge in [-0.1, -0.05) is 27.7 Å². The van der Waals surface area contributed by atoms with E-state index in [0.29, 0.717) is 59.3 Å². The molecule has 0 saturated carbocycles. The Balaban J connectivity index is 3.37. The summed E-state index contributed by atoms with van der Waals surface area (Å²) < 4.78 is 40.9. The maximum atomic E-state index is 13.9. The van der Waals surface area contributed by atoms with Gasteiger partial charge in [0.1, 0.15) is 12.5 Å². The highest BCUT2D eigenvalue weighted by Crippen LogP contribution is 2.15. The van der Waals surface area contributed by atoms with Gasteiger partial charge in [-0.25, -0.2) is 4.39 Å². The van der Waals surface area contributed by atoms with Gasteiger partial charge in [-0.15, -0.1) is 0 Å². The van der Waals surface area contributed by atoms with Gasteiger partial charge in [0.15, 0.2) is 0 Å². The number of nitrogens with one attached hydrogen (secondary N) is 1. The number of ether oxygens (including phenoxy) is 5. The second kappa shape index (κ2) is 18.4. The molecule has 31 heavy (non-hydrogen) atoms. The Hall–Kier alpha value is -1.13. The second-order valence-electron chi connectivity index (χ2n) is 8.30. The number of aldehydes is 1. The van der Waals surface area contributed by atoms with E-state index < -0.39 is 12.3 Å². The molecule has 9 heteroatoms. The van der Waals surface area contributed by atoms with Gasteiger partial charge in [0.2, 0.25) is 5.91 Å². The summed E-state index contributed by atoms with van der Waals surface area (Å²) in [7, 11) is 0. The molecule has 0 aliphatic carbocycles. The molecule has 1 amide bonds. The smallest absolute Gasteiger partial charge is 0.222 e. The Morgan fingerprint density at radius 3 is 1.77 bits per heavy atom. The zero-order chi connectivity index (χ0) is 23.5. The summed E-state index contributed by atoms with van der Waals surface area (Å²) in [6, 6.07) is 0. The van der Waals surface area contributed by atoms with Crippen molar-refractivity contribution in [3.63, 3.8) is 0 Å². The number of amides is 1. The average Bonchev–Trinajstić information content (AvgIpc) is 2.73. The topological polar surface area (TPSA) is 92.3 Å². The zero-order valence-electron chi connectivity index (χ0n) is 19.8. The minimum atomic E-state index is -1.26. The van der Waals surface area contributed by atoms with E-state index in [0.717, 1.165) is 6.29 Å². The van der Waals surface area contributed by atoms with E-state index in [1.54, 1.807) is 20.8 Å². The molecule has 0 aromatic heterocycles. The van der Waals surface area contributed by atoms with E-state index in [1.165, 1.54) is 0 Å². The molecule has 0 aromatic rings. The summed E-state index contributed by atoms with van der Waals surface area (Å²) in [5, 5.41) is 2.55. The van der Waals surface area contributed by atoms with Crippen molar-refractivity contribution in [3.05, 3.63) is 0 Å². The second-order valence-corrected chi connectivity index (χ2v) is 8.30. The van der Waals surface area contributed by atoms with Gasteiger partial charge in [-0.3, -0.25) is 4.79 Å². The zero-order valence-corrected chi connectivity index (χ0v) is 19.8. The van der Waals surface area contributed by atoms with Crippen molar-refractivity contribution in [1.82, 2.24) is 5.32 Å². The number of hydrogen-bond acceptors (Lipinski definition) is 7. The lowest BCUT2D eigenvalue weighted by atomic mass is 9.92. The summed E-state index contributed by atoms with van der Waals surface area (Å²) >= 11 is 0. The average molecular weight is 452 g/mol. The summed E-state index contributed by atoms with van der Waals surface area (Å²) in [6.07, 6.45) is -0.253. The molecule has 0 aromatic carbocycles. The standard InChI is InChI=1S/C22H42FNO7/c1-18(2)21(26)24-16-20(23)19(3)31-15-14-30-13-12-29-11-10-28-9-8-27-7-6-22(4,5)17-25/h17-20H,6-16H2,1-5H3,(H,24,26). The van der Waals surface area contributed by atoms with Crippen molar-refractivity contribution in [2.24, 2.45) is 11.3 Å². The fraction of sp³-hybridized carbons (Fsp3) is 0.909. The minimum Gasteiger partial charge on any atom is -0.379 e. The van der Waals surface area contributed by atoms with Gasteiger partial charge in [0.25, 0.3) is 0 Å². The first kappa shape index (κ1) is 29.9. The summed E-state index contributed by atoms with van der Waals surface area (Å²) in [5.41, 5.74) is -0.344. The summed E-state index contributed by atoms with van der Waals surface area (Å²) in [4.78, 5) is 22.2. The van der Waals surface area contributed by atoms with Crippen LogP contribution < -0.4 is 5.32 Å². The maximum absolute atomic E-state index is 13.9. The van der Waals surface area contributed by atoms with Crippen molar-refractivity contribution >= 4 is 12.2 Å². The largest absolute Gasteiger partial charge is 0.379 e. The monoisotopic (exact) mass is 451 g/mol. The van der Waals surface area contributed by atoms with E-state index in [1.807, 2.05) is 13.8 Å². The third-order valence-electron chi connectivity index (χ3n) is 4.44. The minimum absolute atomic E-state index is 0.0561. The highest BCUT2D eigenvalue weighted by atomic mass is 19.1. The van der Waals surface area contributed by atoms with Gasteiger partial charge < -0.3 is 33.8 Å². The van der Waals surface area contributed by atoms with Crippen molar-refractivity contribution in [3.8, 4) is 0 Å². The van der Waals surface area contributed by atoms with Crippen LogP contribution in [0.2, 0.25) is 0 Å². The highest BCUT2D eigenvalue weighted by molar-refractivity contribution is 5.77. The SMILES string of the molecule is CC(C)C(=O)NCC(F)C(C)OCCOCCOCCOCCOCCC(C)(C)C=O. The molecule has 0 aliphatic heterocycles. The predicted octanol–water partition coefficient (Wildman–Crippen LogP) is 2.18. The normalized spacial score (nSPS) is 13.9. The lowest BCUT2D eigenvalue weighted by Crippen LogP contribution is -2.38. The molecular weight excluding hydrogens is 409 g/mol. The van der Waals surface area contributed by atoms with Gasteiger partial charge >= 0.3 is 0 Å². The van der Waals surface area contributed by atoms with Crippen LogP contribution in [0.25, 0.3) is 0 Å². The Labute approximate surface area is 186 Å².